The van der Waals surface area contributed by atoms with Crippen LogP contribution in [-0.2, 0) is 10.0 Å². The lowest BCUT2D eigenvalue weighted by molar-refractivity contribution is 0.178. The van der Waals surface area contributed by atoms with Crippen molar-refractivity contribution in [3.05, 3.63) is 65.7 Å². The molecule has 1 atom stereocenters. The lowest BCUT2D eigenvalue weighted by Gasteiger charge is -2.33. The van der Waals surface area contributed by atoms with Crippen molar-refractivity contribution < 1.29 is 13.2 Å². The predicted octanol–water partition coefficient (Wildman–Crippen LogP) is 2.98. The Morgan fingerprint density at radius 2 is 1.78 bits per heavy atom. The molecule has 3 N–H and O–H groups in total. The maximum Gasteiger partial charge on any atom is 0.317 e. The standard InChI is InChI=1S/C20H25N3O3S/c1-15(18-8-5-9-19(14-18)27(21,25)26)22-20(24)23-12-10-17(11-13-23)16-6-3-2-4-7-16/h2-9,14-15,17H,10-13H2,1H3,(H,22,24)(H2,21,25,26). The monoisotopic (exact) mass is 387 g/mol. The highest BCUT2D eigenvalue weighted by atomic mass is 32.2. The molecule has 27 heavy (non-hydrogen) atoms. The van der Waals surface area contributed by atoms with Gasteiger partial charge in [-0.25, -0.2) is 18.4 Å². The van der Waals surface area contributed by atoms with Crippen LogP contribution in [0, 0.1) is 0 Å². The maximum absolute atomic E-state index is 12.6. The second kappa shape index (κ2) is 8.10. The molecule has 1 aliphatic heterocycles. The van der Waals surface area contributed by atoms with Crippen LogP contribution >= 0.6 is 0 Å². The highest BCUT2D eigenvalue weighted by Crippen LogP contribution is 2.28. The van der Waals surface area contributed by atoms with Crippen molar-refractivity contribution in [1.82, 2.24) is 10.2 Å². The summed E-state index contributed by atoms with van der Waals surface area (Å²) in [7, 11) is -3.76. The first-order chi connectivity index (χ1) is 12.8. The number of hydrogen-bond acceptors (Lipinski definition) is 3. The van der Waals surface area contributed by atoms with Gasteiger partial charge in [-0.15, -0.1) is 0 Å². The van der Waals surface area contributed by atoms with Crippen molar-refractivity contribution in [2.45, 2.75) is 36.6 Å². The lowest BCUT2D eigenvalue weighted by atomic mass is 9.90. The molecule has 1 fully saturated rings. The molecule has 0 aliphatic carbocycles. The van der Waals surface area contributed by atoms with Crippen LogP contribution in [-0.4, -0.2) is 32.4 Å². The van der Waals surface area contributed by atoms with E-state index in [2.05, 4.69) is 17.4 Å². The first-order valence-corrected chi connectivity index (χ1v) is 10.6. The van der Waals surface area contributed by atoms with E-state index < -0.39 is 10.0 Å². The fourth-order valence-electron chi connectivity index (χ4n) is 3.46. The van der Waals surface area contributed by atoms with Crippen LogP contribution in [0.1, 0.15) is 42.9 Å². The number of primary sulfonamides is 1. The molecule has 1 aliphatic rings. The van der Waals surface area contributed by atoms with E-state index in [1.807, 2.05) is 30.0 Å². The average molecular weight is 388 g/mol. The van der Waals surface area contributed by atoms with E-state index in [0.717, 1.165) is 12.8 Å². The van der Waals surface area contributed by atoms with E-state index in [4.69, 9.17) is 5.14 Å². The Morgan fingerprint density at radius 3 is 2.41 bits per heavy atom. The van der Waals surface area contributed by atoms with Gasteiger partial charge in [0.1, 0.15) is 0 Å². The number of urea groups is 1. The summed E-state index contributed by atoms with van der Waals surface area (Å²) in [6.07, 6.45) is 1.87. The highest BCUT2D eigenvalue weighted by molar-refractivity contribution is 7.89. The number of likely N-dealkylation sites (tertiary alicyclic amines) is 1. The molecular weight excluding hydrogens is 362 g/mol. The van der Waals surface area contributed by atoms with Crippen molar-refractivity contribution in [2.24, 2.45) is 5.14 Å². The van der Waals surface area contributed by atoms with Crippen LogP contribution < -0.4 is 10.5 Å². The number of nitrogens with two attached hydrogens (primary N) is 1. The minimum absolute atomic E-state index is 0.0461. The Bertz CT molecular complexity index is 892. The largest absolute Gasteiger partial charge is 0.331 e. The Morgan fingerprint density at radius 1 is 1.11 bits per heavy atom. The molecule has 144 valence electrons. The smallest absolute Gasteiger partial charge is 0.317 e. The van der Waals surface area contributed by atoms with Gasteiger partial charge in [-0.1, -0.05) is 42.5 Å². The number of piperidine rings is 1. The fourth-order valence-corrected chi connectivity index (χ4v) is 4.03. The molecule has 0 bridgehead atoms. The van der Waals surface area contributed by atoms with Crippen LogP contribution in [0.3, 0.4) is 0 Å². The summed E-state index contributed by atoms with van der Waals surface area (Å²) in [5, 5.41) is 8.13. The summed E-state index contributed by atoms with van der Waals surface area (Å²) in [5.74, 6) is 0.485. The first-order valence-electron chi connectivity index (χ1n) is 9.08. The molecule has 2 amide bonds. The maximum atomic E-state index is 12.6. The van der Waals surface area contributed by atoms with E-state index in [-0.39, 0.29) is 17.0 Å². The zero-order valence-electron chi connectivity index (χ0n) is 15.3. The normalized spacial score (nSPS) is 16.7. The number of nitrogens with zero attached hydrogens (tertiary/aromatic N) is 1. The topological polar surface area (TPSA) is 92.5 Å². The van der Waals surface area contributed by atoms with Gasteiger partial charge in [-0.2, -0.15) is 0 Å². The first kappa shape index (κ1) is 19.4. The number of hydrogen-bond donors (Lipinski definition) is 2. The molecule has 1 unspecified atom stereocenters. The summed E-state index contributed by atoms with van der Waals surface area (Å²) in [4.78, 5) is 14.4. The van der Waals surface area contributed by atoms with E-state index in [1.54, 1.807) is 12.1 Å². The van der Waals surface area contributed by atoms with E-state index in [0.29, 0.717) is 24.6 Å². The number of nitrogens with one attached hydrogen (secondary N) is 1. The van der Waals surface area contributed by atoms with Crippen molar-refractivity contribution in [3.63, 3.8) is 0 Å². The van der Waals surface area contributed by atoms with E-state index in [9.17, 15) is 13.2 Å². The van der Waals surface area contributed by atoms with Crippen LogP contribution in [0.25, 0.3) is 0 Å². The van der Waals surface area contributed by atoms with Crippen molar-refractivity contribution in [2.75, 3.05) is 13.1 Å². The SMILES string of the molecule is CC(NC(=O)N1CCC(c2ccccc2)CC1)c1cccc(S(N)(=O)=O)c1. The summed E-state index contributed by atoms with van der Waals surface area (Å²) < 4.78 is 23.0. The minimum Gasteiger partial charge on any atom is -0.331 e. The third-order valence-corrected chi connectivity index (χ3v) is 5.99. The third-order valence-electron chi connectivity index (χ3n) is 5.08. The summed E-state index contributed by atoms with van der Waals surface area (Å²) in [6, 6.07) is 16.3. The molecule has 0 saturated carbocycles. The Balaban J connectivity index is 1.58. The molecule has 1 saturated heterocycles. The Hall–Kier alpha value is -2.38. The number of benzene rings is 2. The summed E-state index contributed by atoms with van der Waals surface area (Å²) in [5.41, 5.74) is 2.03. The number of carbonyl (C=O) groups is 1. The molecule has 0 aromatic heterocycles. The van der Waals surface area contributed by atoms with Gasteiger partial charge in [0.25, 0.3) is 0 Å². The molecule has 3 rings (SSSR count). The Kier molecular flexibility index (Phi) is 5.82. The van der Waals surface area contributed by atoms with Gasteiger partial charge in [-0.05, 0) is 48.9 Å². The molecule has 0 radical (unpaired) electrons. The van der Waals surface area contributed by atoms with Gasteiger partial charge in [0.2, 0.25) is 10.0 Å². The molecule has 0 spiro atoms. The van der Waals surface area contributed by atoms with Gasteiger partial charge in [0.05, 0.1) is 10.9 Å². The fraction of sp³-hybridized carbons (Fsp3) is 0.350. The quantitative estimate of drug-likeness (QED) is 0.845. The van der Waals surface area contributed by atoms with Gasteiger partial charge in [-0.3, -0.25) is 0 Å². The molecular formula is C20H25N3O3S. The van der Waals surface area contributed by atoms with Crippen molar-refractivity contribution in [3.8, 4) is 0 Å². The van der Waals surface area contributed by atoms with Crippen molar-refractivity contribution in [1.29, 1.82) is 0 Å². The summed E-state index contributed by atoms with van der Waals surface area (Å²) >= 11 is 0. The molecule has 2 aromatic carbocycles. The van der Waals surface area contributed by atoms with Gasteiger partial charge in [0, 0.05) is 13.1 Å². The molecule has 7 heteroatoms. The van der Waals surface area contributed by atoms with Crippen LogP contribution in [0.5, 0.6) is 0 Å². The lowest BCUT2D eigenvalue weighted by Crippen LogP contribution is -2.44. The van der Waals surface area contributed by atoms with E-state index in [1.165, 1.54) is 17.7 Å². The number of rotatable bonds is 4. The second-order valence-electron chi connectivity index (χ2n) is 6.96. The van der Waals surface area contributed by atoms with Crippen LogP contribution in [0.2, 0.25) is 0 Å². The van der Waals surface area contributed by atoms with E-state index >= 15 is 0 Å². The van der Waals surface area contributed by atoms with Gasteiger partial charge >= 0.3 is 6.03 Å². The number of carbonyl (C=O) groups excluding carboxylic acids is 1. The number of amides is 2. The number of sulfonamides is 1. The van der Waals surface area contributed by atoms with Gasteiger partial charge < -0.3 is 10.2 Å². The highest BCUT2D eigenvalue weighted by Gasteiger charge is 2.24. The summed E-state index contributed by atoms with van der Waals surface area (Å²) in [6.45, 7) is 3.24. The minimum atomic E-state index is -3.76. The van der Waals surface area contributed by atoms with Crippen LogP contribution in [0.4, 0.5) is 4.79 Å². The zero-order chi connectivity index (χ0) is 19.4. The third kappa shape index (κ3) is 4.87. The molecule has 2 aromatic rings. The molecule has 1 heterocycles. The molecule has 6 nitrogen and oxygen atoms in total. The Labute approximate surface area is 160 Å². The second-order valence-corrected chi connectivity index (χ2v) is 8.52. The van der Waals surface area contributed by atoms with Gasteiger partial charge in [0.15, 0.2) is 0 Å². The predicted molar refractivity (Wildman–Crippen MR) is 105 cm³/mol. The zero-order valence-corrected chi connectivity index (χ0v) is 16.2. The van der Waals surface area contributed by atoms with Crippen LogP contribution in [0.15, 0.2) is 59.5 Å². The average Bonchev–Trinajstić information content (AvgIpc) is 2.68. The van der Waals surface area contributed by atoms with Crippen molar-refractivity contribution >= 4 is 16.1 Å².